The van der Waals surface area contributed by atoms with Gasteiger partial charge >= 0.3 is 0 Å². The summed E-state index contributed by atoms with van der Waals surface area (Å²) in [6, 6.07) is 8.81. The first kappa shape index (κ1) is 14.9. The van der Waals surface area contributed by atoms with E-state index in [2.05, 4.69) is 15.5 Å². The Labute approximate surface area is 121 Å². The van der Waals surface area contributed by atoms with E-state index in [1.54, 1.807) is 12.1 Å². The first-order valence-electron chi connectivity index (χ1n) is 5.85. The lowest BCUT2D eigenvalue weighted by atomic mass is 10.2. The molecule has 0 fully saturated rings. The van der Waals surface area contributed by atoms with Crippen molar-refractivity contribution in [2.45, 2.75) is 11.4 Å². The van der Waals surface area contributed by atoms with Gasteiger partial charge in [-0.25, -0.2) is 13.6 Å². The van der Waals surface area contributed by atoms with Gasteiger partial charge in [0, 0.05) is 6.54 Å². The van der Waals surface area contributed by atoms with Crippen LogP contribution in [0.25, 0.3) is 0 Å². The Morgan fingerprint density at radius 3 is 2.29 bits per heavy atom. The fourth-order valence-electron chi connectivity index (χ4n) is 1.53. The Morgan fingerprint density at radius 2 is 1.76 bits per heavy atom. The summed E-state index contributed by atoms with van der Waals surface area (Å²) in [5.41, 5.74) is 6.24. The monoisotopic (exact) mass is 307 g/mol. The number of hydrogen-bond donors (Lipinski definition) is 3. The molecule has 2 rings (SSSR count). The molecule has 110 valence electrons. The molecule has 1 aromatic heterocycles. The van der Waals surface area contributed by atoms with Crippen molar-refractivity contribution in [1.82, 2.24) is 15.5 Å². The normalized spacial score (nSPS) is 11.1. The molecule has 8 nitrogen and oxygen atoms in total. The van der Waals surface area contributed by atoms with Crippen molar-refractivity contribution in [3.63, 3.8) is 0 Å². The van der Waals surface area contributed by atoms with Crippen LogP contribution in [0.4, 0.5) is 5.82 Å². The Balaban J connectivity index is 2.00. The molecule has 0 aliphatic rings. The fourth-order valence-corrected chi connectivity index (χ4v) is 2.05. The molecule has 1 aromatic carbocycles. The lowest BCUT2D eigenvalue weighted by Gasteiger charge is -2.05. The Hall–Kier alpha value is -2.52. The Kier molecular flexibility index (Phi) is 4.15. The number of nitrogens with zero attached hydrogens (tertiary/aromatic N) is 2. The van der Waals surface area contributed by atoms with Crippen LogP contribution in [0.15, 0.2) is 41.3 Å². The molecular formula is C12H13N5O3S. The van der Waals surface area contributed by atoms with Gasteiger partial charge in [0.25, 0.3) is 5.91 Å². The summed E-state index contributed by atoms with van der Waals surface area (Å²) < 4.78 is 22.2. The van der Waals surface area contributed by atoms with Crippen molar-refractivity contribution in [3.05, 3.63) is 47.7 Å². The number of nitrogens with two attached hydrogens (primary N) is 2. The van der Waals surface area contributed by atoms with Crippen molar-refractivity contribution in [2.75, 3.05) is 5.73 Å². The second-order valence-corrected chi connectivity index (χ2v) is 5.78. The maximum absolute atomic E-state index is 11.8. The zero-order chi connectivity index (χ0) is 15.5. The van der Waals surface area contributed by atoms with E-state index < -0.39 is 15.9 Å². The van der Waals surface area contributed by atoms with Gasteiger partial charge in [-0.15, -0.1) is 10.2 Å². The molecule has 0 bridgehead atoms. The Bertz CT molecular complexity index is 741. The van der Waals surface area contributed by atoms with E-state index in [9.17, 15) is 13.2 Å². The predicted octanol–water partition coefficient (Wildman–Crippen LogP) is -0.364. The summed E-state index contributed by atoms with van der Waals surface area (Å²) in [4.78, 5) is 11.8. The highest BCUT2D eigenvalue weighted by Gasteiger charge is 2.09. The number of hydrogen-bond acceptors (Lipinski definition) is 6. The quantitative estimate of drug-likeness (QED) is 0.704. The van der Waals surface area contributed by atoms with E-state index in [1.165, 1.54) is 24.3 Å². The summed E-state index contributed by atoms with van der Waals surface area (Å²) in [6.07, 6.45) is 0. The summed E-state index contributed by atoms with van der Waals surface area (Å²) in [5.74, 6) is -0.178. The van der Waals surface area contributed by atoms with Gasteiger partial charge in [0.2, 0.25) is 10.0 Å². The van der Waals surface area contributed by atoms with Crippen LogP contribution in [0.3, 0.4) is 0 Å². The van der Waals surface area contributed by atoms with Gasteiger partial charge in [0.1, 0.15) is 5.82 Å². The SMILES string of the molecule is Nc1ccc(C(=O)NCc2ccc(S(N)(=O)=O)cc2)nn1. The topological polar surface area (TPSA) is 141 Å². The number of nitrogens with one attached hydrogen (secondary N) is 1. The van der Waals surface area contributed by atoms with Gasteiger partial charge in [-0.2, -0.15) is 0 Å². The molecule has 0 aliphatic heterocycles. The minimum absolute atomic E-state index is 0.0157. The molecule has 0 saturated carbocycles. The van der Waals surface area contributed by atoms with Crippen LogP contribution in [-0.4, -0.2) is 24.5 Å². The van der Waals surface area contributed by atoms with Gasteiger partial charge in [0.15, 0.2) is 5.69 Å². The molecule has 0 atom stereocenters. The van der Waals surface area contributed by atoms with E-state index in [1.807, 2.05) is 0 Å². The first-order valence-corrected chi connectivity index (χ1v) is 7.40. The number of anilines is 1. The fraction of sp³-hybridized carbons (Fsp3) is 0.0833. The zero-order valence-electron chi connectivity index (χ0n) is 10.9. The molecule has 0 unspecified atom stereocenters. The number of carbonyl (C=O) groups excluding carboxylic acids is 1. The maximum atomic E-state index is 11.8. The highest BCUT2D eigenvalue weighted by atomic mass is 32.2. The molecular weight excluding hydrogens is 294 g/mol. The van der Waals surface area contributed by atoms with E-state index in [4.69, 9.17) is 10.9 Å². The van der Waals surface area contributed by atoms with Gasteiger partial charge in [-0.05, 0) is 29.8 Å². The maximum Gasteiger partial charge on any atom is 0.272 e. The first-order chi connectivity index (χ1) is 9.86. The molecule has 1 heterocycles. The number of amides is 1. The van der Waals surface area contributed by atoms with E-state index in [0.29, 0.717) is 0 Å². The van der Waals surface area contributed by atoms with E-state index >= 15 is 0 Å². The van der Waals surface area contributed by atoms with Crippen molar-refractivity contribution < 1.29 is 13.2 Å². The minimum atomic E-state index is -3.72. The van der Waals surface area contributed by atoms with Crippen molar-refractivity contribution in [1.29, 1.82) is 0 Å². The van der Waals surface area contributed by atoms with Gasteiger partial charge < -0.3 is 11.1 Å². The molecule has 1 amide bonds. The molecule has 5 N–H and O–H groups in total. The number of carbonyl (C=O) groups is 1. The smallest absolute Gasteiger partial charge is 0.272 e. The van der Waals surface area contributed by atoms with Crippen LogP contribution in [-0.2, 0) is 16.6 Å². The summed E-state index contributed by atoms with van der Waals surface area (Å²) >= 11 is 0. The third-order valence-electron chi connectivity index (χ3n) is 2.62. The largest absolute Gasteiger partial charge is 0.382 e. The number of nitrogen functional groups attached to an aromatic ring is 1. The van der Waals surface area contributed by atoms with E-state index in [-0.39, 0.29) is 23.0 Å². The Morgan fingerprint density at radius 1 is 1.10 bits per heavy atom. The summed E-state index contributed by atoms with van der Waals surface area (Å²) in [5, 5.41) is 14.9. The highest BCUT2D eigenvalue weighted by Crippen LogP contribution is 2.08. The van der Waals surface area contributed by atoms with Crippen molar-refractivity contribution in [3.8, 4) is 0 Å². The zero-order valence-corrected chi connectivity index (χ0v) is 11.7. The highest BCUT2D eigenvalue weighted by molar-refractivity contribution is 7.89. The van der Waals surface area contributed by atoms with Gasteiger partial charge in [0.05, 0.1) is 4.90 Å². The van der Waals surface area contributed by atoms with Crippen LogP contribution in [0, 0.1) is 0 Å². The standard InChI is InChI=1S/C12H13N5O3S/c13-11-6-5-10(16-17-11)12(18)15-7-8-1-3-9(4-2-8)21(14,19)20/h1-6H,7H2,(H2,13,17)(H,15,18)(H2,14,19,20). The minimum Gasteiger partial charge on any atom is -0.382 e. The lowest BCUT2D eigenvalue weighted by Crippen LogP contribution is -2.24. The average molecular weight is 307 g/mol. The summed E-state index contributed by atoms with van der Waals surface area (Å²) in [7, 11) is -3.72. The second kappa shape index (κ2) is 5.85. The number of aromatic nitrogens is 2. The molecule has 0 saturated heterocycles. The van der Waals surface area contributed by atoms with Crippen LogP contribution >= 0.6 is 0 Å². The second-order valence-electron chi connectivity index (χ2n) is 4.22. The number of benzene rings is 1. The number of sulfonamides is 1. The van der Waals surface area contributed by atoms with Gasteiger partial charge in [-0.1, -0.05) is 12.1 Å². The average Bonchev–Trinajstić information content (AvgIpc) is 2.45. The molecule has 0 radical (unpaired) electrons. The molecule has 21 heavy (non-hydrogen) atoms. The lowest BCUT2D eigenvalue weighted by molar-refractivity contribution is 0.0945. The third-order valence-corrected chi connectivity index (χ3v) is 3.55. The van der Waals surface area contributed by atoms with Crippen molar-refractivity contribution in [2.24, 2.45) is 5.14 Å². The molecule has 0 spiro atoms. The van der Waals surface area contributed by atoms with Crippen LogP contribution < -0.4 is 16.2 Å². The molecule has 2 aromatic rings. The summed E-state index contributed by atoms with van der Waals surface area (Å²) in [6.45, 7) is 0.218. The van der Waals surface area contributed by atoms with Gasteiger partial charge in [-0.3, -0.25) is 4.79 Å². The third kappa shape index (κ3) is 3.97. The van der Waals surface area contributed by atoms with E-state index in [0.717, 1.165) is 5.56 Å². The number of rotatable bonds is 4. The molecule has 9 heteroatoms. The predicted molar refractivity (Wildman–Crippen MR) is 75.4 cm³/mol. The van der Waals surface area contributed by atoms with Crippen LogP contribution in [0.1, 0.15) is 16.1 Å². The molecule has 0 aliphatic carbocycles. The van der Waals surface area contributed by atoms with Crippen LogP contribution in [0.5, 0.6) is 0 Å². The number of primary sulfonamides is 1. The van der Waals surface area contributed by atoms with Crippen LogP contribution in [0.2, 0.25) is 0 Å². The van der Waals surface area contributed by atoms with Crippen molar-refractivity contribution >= 4 is 21.7 Å².